The molecule has 1 rings (SSSR count). The van der Waals surface area contributed by atoms with E-state index < -0.39 is 5.97 Å². The highest BCUT2D eigenvalue weighted by Crippen LogP contribution is 1.97. The lowest BCUT2D eigenvalue weighted by molar-refractivity contribution is -0.147. The molecule has 1 aromatic rings. The Balaban J connectivity index is 0.000000555. The Morgan fingerprint density at radius 1 is 1.32 bits per heavy atom. The minimum Gasteiger partial charge on any atom is -0.459 e. The fourth-order valence-corrected chi connectivity index (χ4v) is 0.892. The van der Waals surface area contributed by atoms with Gasteiger partial charge in [-0.15, -0.1) is 0 Å². The van der Waals surface area contributed by atoms with Crippen LogP contribution in [0.5, 0.6) is 0 Å². The van der Waals surface area contributed by atoms with E-state index in [9.17, 15) is 14.4 Å². The molecule has 6 heteroatoms. The molecule has 0 bridgehead atoms. The van der Waals surface area contributed by atoms with Gasteiger partial charge in [0, 0.05) is 12.6 Å². The maximum Gasteiger partial charge on any atom is 0.313 e. The summed E-state index contributed by atoms with van der Waals surface area (Å²) in [6, 6.07) is 5.34. The molecule has 0 saturated heterocycles. The summed E-state index contributed by atoms with van der Waals surface area (Å²) in [5, 5.41) is 0. The molecule has 1 amide bonds. The van der Waals surface area contributed by atoms with Crippen LogP contribution >= 0.6 is 0 Å². The topological polar surface area (TPSA) is 99.3 Å². The van der Waals surface area contributed by atoms with E-state index in [0.717, 1.165) is 0 Å². The highest BCUT2D eigenvalue weighted by Gasteiger charge is 2.06. The van der Waals surface area contributed by atoms with Gasteiger partial charge in [0.15, 0.2) is 0 Å². The number of carbonyl (C=O) groups is 3. The molecule has 2 N–H and O–H groups in total. The molecule has 0 radical (unpaired) electrons. The number of aromatic nitrogens is 1. The van der Waals surface area contributed by atoms with E-state index in [1.165, 1.54) is 6.92 Å². The van der Waals surface area contributed by atoms with Gasteiger partial charge < -0.3 is 10.5 Å². The number of ether oxygens (including phenoxy) is 1. The Kier molecular flexibility index (Phi) is 8.61. The van der Waals surface area contributed by atoms with Crippen molar-refractivity contribution in [2.24, 2.45) is 5.73 Å². The largest absolute Gasteiger partial charge is 0.459 e. The van der Waals surface area contributed by atoms with Crippen molar-refractivity contribution in [1.82, 2.24) is 4.98 Å². The molecule has 6 nitrogen and oxygen atoms in total. The van der Waals surface area contributed by atoms with Gasteiger partial charge in [-0.25, -0.2) is 0 Å². The van der Waals surface area contributed by atoms with Gasteiger partial charge in [0.1, 0.15) is 18.8 Å². The van der Waals surface area contributed by atoms with Gasteiger partial charge in [-0.3, -0.25) is 19.4 Å². The van der Waals surface area contributed by atoms with E-state index in [4.69, 9.17) is 4.74 Å². The number of ketones is 1. The van der Waals surface area contributed by atoms with Gasteiger partial charge in [0.25, 0.3) is 0 Å². The summed E-state index contributed by atoms with van der Waals surface area (Å²) in [7, 11) is 0. The van der Waals surface area contributed by atoms with Crippen molar-refractivity contribution in [2.75, 3.05) is 0 Å². The smallest absolute Gasteiger partial charge is 0.313 e. The normalized spacial score (nSPS) is 8.95. The first-order valence-electron chi connectivity index (χ1n) is 5.79. The minimum atomic E-state index is -0.511. The Hall–Kier alpha value is -2.24. The molecule has 0 spiro atoms. The molecule has 104 valence electrons. The first-order chi connectivity index (χ1) is 8.95. The van der Waals surface area contributed by atoms with Crippen molar-refractivity contribution in [2.45, 2.75) is 33.3 Å². The summed E-state index contributed by atoms with van der Waals surface area (Å²) < 4.78 is 4.82. The second kappa shape index (κ2) is 9.76. The summed E-state index contributed by atoms with van der Waals surface area (Å²) in [5.74, 6) is -0.954. The fourth-order valence-electron chi connectivity index (χ4n) is 0.892. The van der Waals surface area contributed by atoms with Gasteiger partial charge in [0.05, 0.1) is 5.69 Å². The van der Waals surface area contributed by atoms with E-state index in [2.05, 4.69) is 10.7 Å². The quantitative estimate of drug-likeness (QED) is 0.632. The number of rotatable bonds is 5. The number of Topliss-reactive ketones (excluding diaryl/α,β-unsaturated/α-hetero) is 1. The lowest BCUT2D eigenvalue weighted by atomic mass is 10.3. The molecule has 0 aliphatic carbocycles. The van der Waals surface area contributed by atoms with Crippen LogP contribution in [0, 0.1) is 0 Å². The lowest BCUT2D eigenvalue weighted by Gasteiger charge is -2.01. The molecule has 19 heavy (non-hydrogen) atoms. The Morgan fingerprint density at radius 3 is 2.37 bits per heavy atom. The molecule has 0 fully saturated rings. The number of amides is 1. The van der Waals surface area contributed by atoms with Crippen LogP contribution in [0.3, 0.4) is 0 Å². The van der Waals surface area contributed by atoms with Gasteiger partial charge in [0.2, 0.25) is 5.91 Å². The maximum absolute atomic E-state index is 11.0. The summed E-state index contributed by atoms with van der Waals surface area (Å²) in [6.45, 7) is 3.19. The number of primary amides is 1. The van der Waals surface area contributed by atoms with Crippen LogP contribution in [-0.4, -0.2) is 22.6 Å². The highest BCUT2D eigenvalue weighted by atomic mass is 16.5. The molecule has 0 aliphatic rings. The van der Waals surface area contributed by atoms with Gasteiger partial charge in [-0.1, -0.05) is 13.0 Å². The molecule has 0 atom stereocenters. The third-order valence-electron chi connectivity index (χ3n) is 1.85. The predicted molar refractivity (Wildman–Crippen MR) is 68.8 cm³/mol. The van der Waals surface area contributed by atoms with E-state index in [1.807, 2.05) is 0 Å². The van der Waals surface area contributed by atoms with Crippen molar-refractivity contribution >= 4 is 17.7 Å². The Morgan fingerprint density at radius 2 is 1.95 bits per heavy atom. The van der Waals surface area contributed by atoms with Gasteiger partial charge >= 0.3 is 5.97 Å². The van der Waals surface area contributed by atoms with E-state index >= 15 is 0 Å². The molecule has 1 heterocycles. The van der Waals surface area contributed by atoms with Crippen molar-refractivity contribution in [3.05, 3.63) is 30.1 Å². The zero-order valence-electron chi connectivity index (χ0n) is 11.1. The maximum atomic E-state index is 11.0. The molecule has 0 saturated carbocycles. The van der Waals surface area contributed by atoms with Crippen LogP contribution in [0.1, 0.15) is 32.4 Å². The summed E-state index contributed by atoms with van der Waals surface area (Å²) in [4.78, 5) is 35.1. The van der Waals surface area contributed by atoms with Gasteiger partial charge in [-0.05, 0) is 19.1 Å². The van der Waals surface area contributed by atoms with Crippen LogP contribution in [0.25, 0.3) is 0 Å². The molecule has 1 aromatic heterocycles. The fraction of sp³-hybridized carbons (Fsp3) is 0.385. The number of carbonyl (C=O) groups excluding carboxylic acids is 3. The molecule has 0 aromatic carbocycles. The van der Waals surface area contributed by atoms with Crippen LogP contribution in [0.4, 0.5) is 0 Å². The number of nitrogens with zero attached hydrogens (tertiary/aromatic N) is 1. The highest BCUT2D eigenvalue weighted by molar-refractivity contribution is 5.94. The Bertz CT molecular complexity index is 418. The van der Waals surface area contributed by atoms with Crippen molar-refractivity contribution in [3.63, 3.8) is 0 Å². The predicted octanol–water partition coefficient (Wildman–Crippen LogP) is 0.986. The molecular formula is C13H18N2O4. The van der Waals surface area contributed by atoms with Crippen molar-refractivity contribution < 1.29 is 19.1 Å². The number of pyridine rings is 1. The van der Waals surface area contributed by atoms with Crippen molar-refractivity contribution in [1.29, 1.82) is 0 Å². The van der Waals surface area contributed by atoms with Crippen molar-refractivity contribution in [3.8, 4) is 0 Å². The van der Waals surface area contributed by atoms with Crippen LogP contribution < -0.4 is 5.73 Å². The molecular weight excluding hydrogens is 248 g/mol. The first kappa shape index (κ1) is 16.8. The average molecular weight is 266 g/mol. The Labute approximate surface area is 112 Å². The van der Waals surface area contributed by atoms with Crippen LogP contribution in [0.15, 0.2) is 24.4 Å². The second-order valence-electron chi connectivity index (χ2n) is 3.68. The number of hydrogen-bond donors (Lipinski definition) is 1. The third-order valence-corrected chi connectivity index (χ3v) is 1.85. The second-order valence-corrected chi connectivity index (χ2v) is 3.68. The monoisotopic (exact) mass is 266 g/mol. The number of nitrogens with two attached hydrogens (primary N) is 1. The van der Waals surface area contributed by atoms with E-state index in [1.54, 1.807) is 31.3 Å². The van der Waals surface area contributed by atoms with Crippen LogP contribution in [0.2, 0.25) is 0 Å². The minimum absolute atomic E-state index is 0.118. The third kappa shape index (κ3) is 10.6. The average Bonchev–Trinajstić information content (AvgIpc) is 2.37. The number of hydrogen-bond acceptors (Lipinski definition) is 5. The molecule has 0 unspecified atom stereocenters. The first-order valence-corrected chi connectivity index (χ1v) is 5.79. The van der Waals surface area contributed by atoms with Gasteiger partial charge in [-0.2, -0.15) is 0 Å². The zero-order valence-corrected chi connectivity index (χ0v) is 11.1. The molecule has 0 aliphatic heterocycles. The van der Waals surface area contributed by atoms with E-state index in [-0.39, 0.29) is 24.7 Å². The van der Waals surface area contributed by atoms with E-state index in [0.29, 0.717) is 12.1 Å². The summed E-state index contributed by atoms with van der Waals surface area (Å²) in [5.41, 5.74) is 5.32. The summed E-state index contributed by atoms with van der Waals surface area (Å²) in [6.07, 6.45) is 1.89. The standard InChI is InChI=1S/C10H11NO3.C3H7NO/c1-8(12)6-10(13)14-7-9-4-2-3-5-11-9;1-2-3(4)5/h2-5H,6-7H2,1H3;2H2,1H3,(H2,4,5). The summed E-state index contributed by atoms with van der Waals surface area (Å²) >= 11 is 0. The zero-order chi connectivity index (χ0) is 14.7. The number of esters is 1. The lowest BCUT2D eigenvalue weighted by Crippen LogP contribution is -2.09. The van der Waals surface area contributed by atoms with Crippen LogP contribution in [-0.2, 0) is 25.7 Å². The SMILES string of the molecule is CC(=O)CC(=O)OCc1ccccn1.CCC(N)=O.